The molecule has 5 heterocycles. The fraction of sp³-hybridized carbons (Fsp3) is 0.500. The van der Waals surface area contributed by atoms with Gasteiger partial charge >= 0.3 is 5.51 Å². The number of thioether (sulfide) groups is 1. The third kappa shape index (κ3) is 6.69. The predicted octanol–water partition coefficient (Wildman–Crippen LogP) is 3.39. The Hall–Kier alpha value is -3.21. The number of halogens is 3. The molecule has 5 rings (SSSR count). The lowest BCUT2D eigenvalue weighted by molar-refractivity contribution is -0.0328. The first-order chi connectivity index (χ1) is 18.4. The van der Waals surface area contributed by atoms with Gasteiger partial charge in [0.1, 0.15) is 11.5 Å². The Morgan fingerprint density at radius 1 is 1.26 bits per heavy atom. The van der Waals surface area contributed by atoms with Crippen LogP contribution in [0.25, 0.3) is 5.52 Å². The van der Waals surface area contributed by atoms with E-state index in [1.54, 1.807) is 32.0 Å². The van der Waals surface area contributed by atoms with Crippen LogP contribution >= 0.6 is 11.8 Å². The predicted molar refractivity (Wildman–Crippen MR) is 141 cm³/mol. The molecule has 208 valence electrons. The van der Waals surface area contributed by atoms with E-state index in [2.05, 4.69) is 38.0 Å². The first-order valence-corrected chi connectivity index (χ1v) is 13.6. The molecule has 0 saturated carbocycles. The number of carbonyl (C=O) groups is 1. The molecule has 2 aliphatic heterocycles. The number of fused-ring (bicyclic) bond motifs is 3. The molecule has 3 aromatic rings. The number of alkyl halides is 3. The van der Waals surface area contributed by atoms with Crippen molar-refractivity contribution in [2.45, 2.75) is 80.2 Å². The fourth-order valence-corrected chi connectivity index (χ4v) is 5.79. The molecule has 1 amide bonds. The van der Waals surface area contributed by atoms with Gasteiger partial charge in [-0.1, -0.05) is 12.0 Å². The van der Waals surface area contributed by atoms with E-state index < -0.39 is 17.0 Å². The van der Waals surface area contributed by atoms with Crippen molar-refractivity contribution in [3.05, 3.63) is 41.9 Å². The van der Waals surface area contributed by atoms with Crippen molar-refractivity contribution in [1.82, 2.24) is 30.0 Å². The van der Waals surface area contributed by atoms with Gasteiger partial charge in [0, 0.05) is 24.3 Å². The smallest absolute Gasteiger partial charge is 0.389 e. The standard InChI is InChI=1S/C26H30F3N7O2S/c1-25(2,38)15-35-14-16(13-31-35)24(37)30-12-4-5-20-23(39-26(27,28)29)21-6-3-7-22(36(21)34-20)33-19-11-9-17-8-10-18(19)32-17/h3,6-7,13-14,17-19,32-33,38H,8-12,15H2,1-2H3,(H,30,37)/t17-,18+,19+/m0/s1. The number of hydrogen-bond acceptors (Lipinski definition) is 7. The maximum atomic E-state index is 13.5. The minimum Gasteiger partial charge on any atom is -0.389 e. The highest BCUT2D eigenvalue weighted by molar-refractivity contribution is 8.00. The van der Waals surface area contributed by atoms with Crippen LogP contribution in [0.3, 0.4) is 0 Å². The first kappa shape index (κ1) is 27.4. The summed E-state index contributed by atoms with van der Waals surface area (Å²) in [4.78, 5) is 12.4. The van der Waals surface area contributed by atoms with E-state index in [0.29, 0.717) is 23.4 Å². The quantitative estimate of drug-likeness (QED) is 0.259. The van der Waals surface area contributed by atoms with E-state index in [1.165, 1.54) is 21.6 Å². The summed E-state index contributed by atoms with van der Waals surface area (Å²) in [5.74, 6) is 5.61. The summed E-state index contributed by atoms with van der Waals surface area (Å²) in [6.45, 7) is 3.37. The summed E-state index contributed by atoms with van der Waals surface area (Å²) in [5.41, 5.74) is -4.94. The molecule has 2 fully saturated rings. The molecule has 0 radical (unpaired) electrons. The molecule has 2 aliphatic rings. The number of pyridine rings is 1. The zero-order valence-electron chi connectivity index (χ0n) is 21.5. The summed E-state index contributed by atoms with van der Waals surface area (Å²) in [6.07, 6.45) is 7.12. The van der Waals surface area contributed by atoms with Crippen LogP contribution in [0.5, 0.6) is 0 Å². The van der Waals surface area contributed by atoms with Crippen LogP contribution in [-0.4, -0.2) is 66.2 Å². The minimum atomic E-state index is -4.52. The van der Waals surface area contributed by atoms with Crippen molar-refractivity contribution in [2.75, 3.05) is 11.9 Å². The molecule has 0 unspecified atom stereocenters. The molecule has 13 heteroatoms. The second kappa shape index (κ2) is 10.7. The van der Waals surface area contributed by atoms with Crippen molar-refractivity contribution in [3.63, 3.8) is 0 Å². The Kier molecular flexibility index (Phi) is 7.54. The zero-order valence-corrected chi connectivity index (χ0v) is 22.4. The second-order valence-corrected chi connectivity index (χ2v) is 11.6. The Bertz CT molecular complexity index is 1420. The second-order valence-electron chi connectivity index (χ2n) is 10.5. The first-order valence-electron chi connectivity index (χ1n) is 12.8. The van der Waals surface area contributed by atoms with E-state index in [0.717, 1.165) is 25.7 Å². The molecule has 3 atom stereocenters. The van der Waals surface area contributed by atoms with Crippen LogP contribution in [0.15, 0.2) is 35.5 Å². The van der Waals surface area contributed by atoms with Crippen molar-refractivity contribution < 1.29 is 23.1 Å². The number of nitrogens with zero attached hydrogens (tertiary/aromatic N) is 4. The van der Waals surface area contributed by atoms with Gasteiger partial charge in [0.05, 0.1) is 40.9 Å². The maximum absolute atomic E-state index is 13.5. The molecule has 3 aromatic heterocycles. The molecule has 0 aliphatic carbocycles. The van der Waals surface area contributed by atoms with E-state index in [1.807, 2.05) is 0 Å². The average molecular weight is 562 g/mol. The highest BCUT2D eigenvalue weighted by Gasteiger charge is 2.36. The highest BCUT2D eigenvalue weighted by Crippen LogP contribution is 2.41. The summed E-state index contributed by atoms with van der Waals surface area (Å²) in [6, 6.07) is 6.14. The molecule has 4 N–H and O–H groups in total. The van der Waals surface area contributed by atoms with Crippen LogP contribution < -0.4 is 16.0 Å². The molecule has 9 nitrogen and oxygen atoms in total. The van der Waals surface area contributed by atoms with Crippen molar-refractivity contribution in [1.29, 1.82) is 0 Å². The van der Waals surface area contributed by atoms with Crippen LogP contribution in [0, 0.1) is 11.8 Å². The van der Waals surface area contributed by atoms with Crippen molar-refractivity contribution >= 4 is 29.0 Å². The van der Waals surface area contributed by atoms with E-state index >= 15 is 0 Å². The zero-order chi connectivity index (χ0) is 27.8. The normalized spacial score (nSPS) is 21.0. The van der Waals surface area contributed by atoms with Crippen LogP contribution in [-0.2, 0) is 6.54 Å². The van der Waals surface area contributed by atoms with E-state index in [-0.39, 0.29) is 47.0 Å². The molecule has 0 aromatic carbocycles. The molecule has 39 heavy (non-hydrogen) atoms. The summed E-state index contributed by atoms with van der Waals surface area (Å²) < 4.78 is 43.3. The number of amides is 1. The largest absolute Gasteiger partial charge is 0.446 e. The molecule has 0 spiro atoms. The van der Waals surface area contributed by atoms with Crippen molar-refractivity contribution in [2.24, 2.45) is 0 Å². The lowest BCUT2D eigenvalue weighted by Crippen LogP contribution is -2.47. The van der Waals surface area contributed by atoms with Gasteiger partial charge < -0.3 is 21.1 Å². The topological polar surface area (TPSA) is 109 Å². The van der Waals surface area contributed by atoms with E-state index in [9.17, 15) is 23.1 Å². The van der Waals surface area contributed by atoms with Gasteiger partial charge in [0.2, 0.25) is 0 Å². The summed E-state index contributed by atoms with van der Waals surface area (Å²) >= 11 is -0.246. The number of carbonyl (C=O) groups excluding carboxylic acids is 1. The number of rotatable bonds is 7. The number of piperidine rings is 1. The minimum absolute atomic E-state index is 0.0125. The molecule has 2 saturated heterocycles. The number of anilines is 1. The van der Waals surface area contributed by atoms with Gasteiger partial charge in [0.15, 0.2) is 0 Å². The fourth-order valence-electron chi connectivity index (χ4n) is 5.11. The highest BCUT2D eigenvalue weighted by atomic mass is 32.2. The lowest BCUT2D eigenvalue weighted by Gasteiger charge is -2.31. The van der Waals surface area contributed by atoms with Gasteiger partial charge in [-0.15, -0.1) is 0 Å². The average Bonchev–Trinajstić information content (AvgIpc) is 3.55. The summed E-state index contributed by atoms with van der Waals surface area (Å²) in [7, 11) is 0. The molecular weight excluding hydrogens is 531 g/mol. The Labute approximate surface area is 227 Å². The Morgan fingerprint density at radius 2 is 2.05 bits per heavy atom. The Morgan fingerprint density at radius 3 is 2.82 bits per heavy atom. The maximum Gasteiger partial charge on any atom is 0.446 e. The van der Waals surface area contributed by atoms with Gasteiger partial charge in [-0.2, -0.15) is 23.4 Å². The van der Waals surface area contributed by atoms with Gasteiger partial charge in [-0.05, 0) is 69.3 Å². The van der Waals surface area contributed by atoms with Crippen LogP contribution in [0.2, 0.25) is 0 Å². The third-order valence-electron chi connectivity index (χ3n) is 6.74. The summed E-state index contributed by atoms with van der Waals surface area (Å²) in [5, 5.41) is 28.1. The number of aliphatic hydroxyl groups is 1. The third-order valence-corrected chi connectivity index (χ3v) is 7.58. The van der Waals surface area contributed by atoms with Crippen LogP contribution in [0.4, 0.5) is 19.0 Å². The lowest BCUT2D eigenvalue weighted by atomic mass is 10.00. The van der Waals surface area contributed by atoms with Gasteiger partial charge in [-0.25, -0.2) is 4.52 Å². The molecule has 2 bridgehead atoms. The molecular formula is C26H30F3N7O2S. The van der Waals surface area contributed by atoms with Crippen molar-refractivity contribution in [3.8, 4) is 11.8 Å². The Balaban J connectivity index is 1.33. The van der Waals surface area contributed by atoms with Gasteiger partial charge in [-0.3, -0.25) is 9.48 Å². The van der Waals surface area contributed by atoms with Crippen LogP contribution in [0.1, 0.15) is 55.6 Å². The van der Waals surface area contributed by atoms with E-state index in [4.69, 9.17) is 0 Å². The number of nitrogens with one attached hydrogen (secondary N) is 3. The SMILES string of the molecule is CC(C)(O)Cn1cc(C(=O)NCC#Cc2nn3c(N[C@@H]4CC[C@@H]5CC[C@H]4N5)cccc3c2SC(F)(F)F)cn1. The number of hydrogen-bond donors (Lipinski definition) is 4. The number of aromatic nitrogens is 4. The van der Waals surface area contributed by atoms with Gasteiger partial charge in [0.25, 0.3) is 5.91 Å². The monoisotopic (exact) mass is 561 g/mol.